The molecule has 0 amide bonds. The van der Waals surface area contributed by atoms with Crippen LogP contribution in [0, 0.1) is 0 Å². The van der Waals surface area contributed by atoms with Crippen molar-refractivity contribution in [2.75, 3.05) is 29.6 Å². The van der Waals surface area contributed by atoms with Gasteiger partial charge in [0.2, 0.25) is 5.95 Å². The van der Waals surface area contributed by atoms with E-state index in [9.17, 15) is 0 Å². The van der Waals surface area contributed by atoms with Gasteiger partial charge in [0.05, 0.1) is 5.69 Å². The molecular formula is C23H31BrN6S. The van der Waals surface area contributed by atoms with Crippen molar-refractivity contribution in [3.05, 3.63) is 40.0 Å². The summed E-state index contributed by atoms with van der Waals surface area (Å²) in [6.07, 6.45) is 8.92. The summed E-state index contributed by atoms with van der Waals surface area (Å²) in [4.78, 5) is 11.8. The van der Waals surface area contributed by atoms with Gasteiger partial charge in [0, 0.05) is 41.9 Å². The summed E-state index contributed by atoms with van der Waals surface area (Å²) in [5.74, 6) is 1.86. The van der Waals surface area contributed by atoms with Crippen molar-refractivity contribution in [1.82, 2.24) is 15.3 Å². The largest absolute Gasteiger partial charge is 0.362 e. The summed E-state index contributed by atoms with van der Waals surface area (Å²) in [5.41, 5.74) is 3.56. The van der Waals surface area contributed by atoms with Gasteiger partial charge < -0.3 is 20.9 Å². The van der Waals surface area contributed by atoms with Gasteiger partial charge in [0.15, 0.2) is 5.11 Å². The predicted molar refractivity (Wildman–Crippen MR) is 136 cm³/mol. The van der Waals surface area contributed by atoms with Crippen LogP contribution in [0.3, 0.4) is 0 Å². The van der Waals surface area contributed by atoms with E-state index in [-0.39, 0.29) is 0 Å². The average Bonchev–Trinajstić information content (AvgIpc) is 2.76. The number of anilines is 3. The van der Waals surface area contributed by atoms with Crippen LogP contribution in [0.15, 0.2) is 28.7 Å². The number of benzene rings is 1. The van der Waals surface area contributed by atoms with Crippen LogP contribution in [0.1, 0.15) is 49.8 Å². The molecule has 1 heterocycles. The Hall–Kier alpha value is -1.93. The monoisotopic (exact) mass is 502 g/mol. The zero-order valence-electron chi connectivity index (χ0n) is 18.2. The zero-order valence-corrected chi connectivity index (χ0v) is 20.7. The predicted octanol–water partition coefficient (Wildman–Crippen LogP) is 4.89. The Morgan fingerprint density at radius 2 is 1.68 bits per heavy atom. The molecule has 1 fully saturated rings. The number of halogens is 1. The lowest BCUT2D eigenvalue weighted by atomic mass is 9.91. The lowest BCUT2D eigenvalue weighted by molar-refractivity contribution is 0.387. The molecule has 8 heteroatoms. The third kappa shape index (κ3) is 5.86. The maximum Gasteiger partial charge on any atom is 0.225 e. The molecule has 1 aromatic carbocycles. The minimum Gasteiger partial charge on any atom is -0.362 e. The normalized spacial score (nSPS) is 20.5. The van der Waals surface area contributed by atoms with Crippen LogP contribution < -0.4 is 20.9 Å². The Morgan fingerprint density at radius 3 is 2.39 bits per heavy atom. The Kier molecular flexibility index (Phi) is 7.27. The molecule has 1 saturated carbocycles. The number of hydrogen-bond donors (Lipinski definition) is 3. The maximum atomic E-state index is 5.51. The molecule has 0 atom stereocenters. The summed E-state index contributed by atoms with van der Waals surface area (Å²) in [7, 11) is 4.14. The molecular weight excluding hydrogens is 472 g/mol. The number of aromatic nitrogens is 2. The fourth-order valence-electron chi connectivity index (χ4n) is 4.46. The third-order valence-corrected chi connectivity index (χ3v) is 6.83. The summed E-state index contributed by atoms with van der Waals surface area (Å²) in [6, 6.07) is 8.84. The van der Waals surface area contributed by atoms with E-state index in [1.54, 1.807) is 0 Å². The minimum atomic E-state index is 0.398. The topological polar surface area (TPSA) is 65.1 Å². The van der Waals surface area contributed by atoms with Gasteiger partial charge in [-0.05, 0) is 87.8 Å². The van der Waals surface area contributed by atoms with E-state index in [4.69, 9.17) is 22.2 Å². The highest BCUT2D eigenvalue weighted by atomic mass is 79.9. The summed E-state index contributed by atoms with van der Waals surface area (Å²) < 4.78 is 1.06. The Bertz CT molecular complexity index is 909. The molecule has 166 valence electrons. The molecule has 4 rings (SSSR count). The molecule has 0 spiro atoms. The number of nitrogens with zero attached hydrogens (tertiary/aromatic N) is 3. The van der Waals surface area contributed by atoms with Gasteiger partial charge in [-0.25, -0.2) is 4.98 Å². The number of hydrogen-bond acceptors (Lipinski definition) is 5. The second-order valence-corrected chi connectivity index (χ2v) is 10.0. The standard InChI is InChI=1S/C23H31BrN6S/c1-30(2)21-19-5-3-4-6-20(19)28-22(29-21)25-16-11-13-18(14-12-16)27-23(31)26-17-9-7-15(24)8-10-17/h7-10,16,18H,3-6,11-14H2,1-2H3,(H,25,28,29)(H2,26,27,31)/t16-,18+. The number of thiocarbonyl (C=S) groups is 1. The summed E-state index contributed by atoms with van der Waals surface area (Å²) >= 11 is 8.96. The van der Waals surface area contributed by atoms with Gasteiger partial charge in [0.25, 0.3) is 0 Å². The lowest BCUT2D eigenvalue weighted by Gasteiger charge is -2.31. The van der Waals surface area contributed by atoms with Crippen molar-refractivity contribution in [2.45, 2.75) is 63.5 Å². The Morgan fingerprint density at radius 1 is 1.00 bits per heavy atom. The van der Waals surface area contributed by atoms with Crippen molar-refractivity contribution in [1.29, 1.82) is 0 Å². The molecule has 0 aliphatic heterocycles. The minimum absolute atomic E-state index is 0.398. The summed E-state index contributed by atoms with van der Waals surface area (Å²) in [5, 5.41) is 11.0. The van der Waals surface area contributed by atoms with Gasteiger partial charge in [-0.15, -0.1) is 0 Å². The van der Waals surface area contributed by atoms with Gasteiger partial charge in [-0.1, -0.05) is 15.9 Å². The first-order chi connectivity index (χ1) is 15.0. The number of fused-ring (bicyclic) bond motifs is 1. The quantitative estimate of drug-likeness (QED) is 0.502. The SMILES string of the molecule is CN(C)c1nc(N[C@H]2CC[C@@H](NC(=S)Nc3ccc(Br)cc3)CC2)nc2c1CCCC2. The van der Waals surface area contributed by atoms with Crippen LogP contribution in [0.4, 0.5) is 17.5 Å². The fourth-order valence-corrected chi connectivity index (χ4v) is 5.01. The molecule has 3 N–H and O–H groups in total. The highest BCUT2D eigenvalue weighted by Crippen LogP contribution is 2.29. The van der Waals surface area contributed by atoms with Gasteiger partial charge in [-0.2, -0.15) is 4.98 Å². The van der Waals surface area contributed by atoms with Crippen LogP contribution in [-0.4, -0.2) is 41.3 Å². The Labute approximate surface area is 198 Å². The fraction of sp³-hybridized carbons (Fsp3) is 0.522. The van der Waals surface area contributed by atoms with Crippen molar-refractivity contribution in [2.24, 2.45) is 0 Å². The van der Waals surface area contributed by atoms with E-state index in [1.165, 1.54) is 24.1 Å². The van der Waals surface area contributed by atoms with Crippen LogP contribution >= 0.6 is 28.1 Å². The molecule has 31 heavy (non-hydrogen) atoms. The molecule has 1 aromatic heterocycles. The molecule has 0 saturated heterocycles. The van der Waals surface area contributed by atoms with Crippen molar-refractivity contribution >= 4 is 50.7 Å². The van der Waals surface area contributed by atoms with E-state index in [2.05, 4.69) is 50.9 Å². The van der Waals surface area contributed by atoms with E-state index < -0.39 is 0 Å². The van der Waals surface area contributed by atoms with E-state index in [1.807, 2.05) is 24.3 Å². The second-order valence-electron chi connectivity index (χ2n) is 8.70. The molecule has 0 unspecified atom stereocenters. The van der Waals surface area contributed by atoms with Crippen LogP contribution in [-0.2, 0) is 12.8 Å². The van der Waals surface area contributed by atoms with Crippen LogP contribution in [0.5, 0.6) is 0 Å². The van der Waals surface area contributed by atoms with Crippen LogP contribution in [0.2, 0.25) is 0 Å². The smallest absolute Gasteiger partial charge is 0.225 e. The first kappa shape index (κ1) is 22.3. The molecule has 0 bridgehead atoms. The lowest BCUT2D eigenvalue weighted by Crippen LogP contribution is -2.42. The zero-order chi connectivity index (χ0) is 21.8. The van der Waals surface area contributed by atoms with Gasteiger partial charge in [-0.3, -0.25) is 0 Å². The van der Waals surface area contributed by atoms with E-state index in [0.29, 0.717) is 17.2 Å². The molecule has 2 aromatic rings. The first-order valence-electron chi connectivity index (χ1n) is 11.1. The highest BCUT2D eigenvalue weighted by molar-refractivity contribution is 9.10. The maximum absolute atomic E-state index is 5.51. The second kappa shape index (κ2) is 10.1. The van der Waals surface area contributed by atoms with Crippen molar-refractivity contribution in [3.63, 3.8) is 0 Å². The average molecular weight is 504 g/mol. The van der Waals surface area contributed by atoms with Gasteiger partial charge in [0.1, 0.15) is 5.82 Å². The first-order valence-corrected chi connectivity index (χ1v) is 12.3. The summed E-state index contributed by atoms with van der Waals surface area (Å²) in [6.45, 7) is 0. The highest BCUT2D eigenvalue weighted by Gasteiger charge is 2.24. The van der Waals surface area contributed by atoms with Crippen LogP contribution in [0.25, 0.3) is 0 Å². The molecule has 6 nitrogen and oxygen atoms in total. The molecule has 2 aliphatic carbocycles. The molecule has 2 aliphatic rings. The van der Waals surface area contributed by atoms with Crippen molar-refractivity contribution < 1.29 is 0 Å². The van der Waals surface area contributed by atoms with E-state index >= 15 is 0 Å². The van der Waals surface area contributed by atoms with E-state index in [0.717, 1.165) is 60.5 Å². The molecule has 0 radical (unpaired) electrons. The van der Waals surface area contributed by atoms with Gasteiger partial charge >= 0.3 is 0 Å². The number of rotatable bonds is 5. The Balaban J connectivity index is 1.29. The third-order valence-electron chi connectivity index (χ3n) is 6.08. The van der Waals surface area contributed by atoms with Crippen molar-refractivity contribution in [3.8, 4) is 0 Å². The number of aryl methyl sites for hydroxylation is 1. The number of nitrogens with one attached hydrogen (secondary N) is 3.